The number of carbonyl (C=O) groups is 2. The Morgan fingerprint density at radius 2 is 1.69 bits per heavy atom. The molecule has 2 heterocycles. The SMILES string of the molecule is CCc1ccc(N2C[C@@H](C(=O)N3CC[NH+](Cc4ccccc4)CC3)CC2=O)cc1. The summed E-state index contributed by atoms with van der Waals surface area (Å²) in [6.45, 7) is 7.10. The second kappa shape index (κ2) is 8.78. The molecule has 0 aliphatic carbocycles. The van der Waals surface area contributed by atoms with Crippen LogP contribution in [0, 0.1) is 5.92 Å². The highest BCUT2D eigenvalue weighted by Gasteiger charge is 2.38. The van der Waals surface area contributed by atoms with Crippen LogP contribution in [0.4, 0.5) is 5.69 Å². The molecule has 152 valence electrons. The van der Waals surface area contributed by atoms with E-state index in [-0.39, 0.29) is 17.7 Å². The van der Waals surface area contributed by atoms with E-state index in [9.17, 15) is 9.59 Å². The first kappa shape index (κ1) is 19.6. The van der Waals surface area contributed by atoms with Gasteiger partial charge in [-0.05, 0) is 24.1 Å². The summed E-state index contributed by atoms with van der Waals surface area (Å²) in [5, 5.41) is 0. The number of aryl methyl sites for hydroxylation is 1. The van der Waals surface area contributed by atoms with Gasteiger partial charge in [-0.15, -0.1) is 0 Å². The minimum Gasteiger partial charge on any atom is -0.331 e. The number of carbonyl (C=O) groups excluding carboxylic acids is 2. The summed E-state index contributed by atoms with van der Waals surface area (Å²) < 4.78 is 0. The normalized spacial score (nSPS) is 20.3. The highest BCUT2D eigenvalue weighted by Crippen LogP contribution is 2.26. The molecule has 0 unspecified atom stereocenters. The van der Waals surface area contributed by atoms with Crippen LogP contribution >= 0.6 is 0 Å². The molecule has 1 N–H and O–H groups in total. The minimum atomic E-state index is -0.218. The zero-order valence-electron chi connectivity index (χ0n) is 17.1. The van der Waals surface area contributed by atoms with Crippen LogP contribution < -0.4 is 9.80 Å². The first-order valence-corrected chi connectivity index (χ1v) is 10.7. The van der Waals surface area contributed by atoms with Crippen molar-refractivity contribution in [3.05, 3.63) is 65.7 Å². The van der Waals surface area contributed by atoms with E-state index in [1.165, 1.54) is 16.0 Å². The van der Waals surface area contributed by atoms with Gasteiger partial charge < -0.3 is 14.7 Å². The standard InChI is InChI=1S/C24H29N3O2/c1-2-19-8-10-22(11-9-19)27-18-21(16-23(27)28)24(29)26-14-12-25(13-15-26)17-20-6-4-3-5-7-20/h3-11,21H,2,12-18H2,1H3/p+1/t21-/m0/s1. The van der Waals surface area contributed by atoms with Gasteiger partial charge in [0.1, 0.15) is 6.54 Å². The van der Waals surface area contributed by atoms with Gasteiger partial charge in [0.2, 0.25) is 11.8 Å². The molecule has 2 aromatic carbocycles. The summed E-state index contributed by atoms with van der Waals surface area (Å²) in [6, 6.07) is 18.6. The van der Waals surface area contributed by atoms with Crippen LogP contribution in [0.1, 0.15) is 24.5 Å². The quantitative estimate of drug-likeness (QED) is 0.839. The van der Waals surface area contributed by atoms with Crippen molar-refractivity contribution < 1.29 is 14.5 Å². The summed E-state index contributed by atoms with van der Waals surface area (Å²) in [6.07, 6.45) is 1.30. The van der Waals surface area contributed by atoms with Gasteiger partial charge in [0.25, 0.3) is 0 Å². The van der Waals surface area contributed by atoms with Crippen LogP contribution in [0.15, 0.2) is 54.6 Å². The van der Waals surface area contributed by atoms with Gasteiger partial charge in [0.05, 0.1) is 32.1 Å². The highest BCUT2D eigenvalue weighted by atomic mass is 16.2. The van der Waals surface area contributed by atoms with Crippen LogP contribution in [0.5, 0.6) is 0 Å². The van der Waals surface area contributed by atoms with E-state index in [0.717, 1.165) is 44.8 Å². The van der Waals surface area contributed by atoms with Crippen molar-refractivity contribution in [1.82, 2.24) is 4.90 Å². The number of benzene rings is 2. The molecule has 0 spiro atoms. The fourth-order valence-corrected chi connectivity index (χ4v) is 4.40. The fourth-order valence-electron chi connectivity index (χ4n) is 4.40. The third-order valence-electron chi connectivity index (χ3n) is 6.21. The van der Waals surface area contributed by atoms with Gasteiger partial charge in [0, 0.05) is 24.2 Å². The Labute approximate surface area is 172 Å². The van der Waals surface area contributed by atoms with Crippen LogP contribution in [0.3, 0.4) is 0 Å². The summed E-state index contributed by atoms with van der Waals surface area (Å²) >= 11 is 0. The molecule has 2 aliphatic rings. The molecule has 2 fully saturated rings. The first-order valence-electron chi connectivity index (χ1n) is 10.7. The van der Waals surface area contributed by atoms with Crippen LogP contribution in [0.25, 0.3) is 0 Å². The molecule has 1 atom stereocenters. The molecule has 0 bridgehead atoms. The van der Waals surface area contributed by atoms with Crippen molar-refractivity contribution in [3.63, 3.8) is 0 Å². The van der Waals surface area contributed by atoms with Gasteiger partial charge in [-0.1, -0.05) is 49.4 Å². The van der Waals surface area contributed by atoms with Gasteiger partial charge in [0.15, 0.2) is 0 Å². The second-order valence-electron chi connectivity index (χ2n) is 8.16. The predicted molar refractivity (Wildman–Crippen MR) is 114 cm³/mol. The largest absolute Gasteiger partial charge is 0.331 e. The van der Waals surface area contributed by atoms with E-state index in [2.05, 4.69) is 43.3 Å². The Hall–Kier alpha value is -2.66. The molecule has 2 aliphatic heterocycles. The van der Waals surface area contributed by atoms with Crippen molar-refractivity contribution in [2.75, 3.05) is 37.6 Å². The van der Waals surface area contributed by atoms with E-state index >= 15 is 0 Å². The molecule has 5 heteroatoms. The van der Waals surface area contributed by atoms with Crippen LogP contribution in [-0.4, -0.2) is 49.4 Å². The number of nitrogens with one attached hydrogen (secondary N) is 1. The number of piperazine rings is 1. The Kier molecular flexibility index (Phi) is 5.95. The van der Waals surface area contributed by atoms with Crippen molar-refractivity contribution in [2.45, 2.75) is 26.3 Å². The molecular weight excluding hydrogens is 362 g/mol. The van der Waals surface area contributed by atoms with Gasteiger partial charge in [-0.25, -0.2) is 0 Å². The third kappa shape index (κ3) is 4.51. The average molecular weight is 393 g/mol. The van der Waals surface area contributed by atoms with Crippen molar-refractivity contribution >= 4 is 17.5 Å². The van der Waals surface area contributed by atoms with Crippen LogP contribution in [0.2, 0.25) is 0 Å². The summed E-state index contributed by atoms with van der Waals surface area (Å²) in [4.78, 5) is 30.8. The average Bonchev–Trinajstić information content (AvgIpc) is 3.16. The van der Waals surface area contributed by atoms with Crippen LogP contribution in [-0.2, 0) is 22.6 Å². The molecule has 0 radical (unpaired) electrons. The number of anilines is 1. The number of amides is 2. The van der Waals surface area contributed by atoms with E-state index in [1.807, 2.05) is 23.1 Å². The molecule has 2 amide bonds. The minimum absolute atomic E-state index is 0.0564. The molecule has 2 aromatic rings. The maximum absolute atomic E-state index is 13.0. The lowest BCUT2D eigenvalue weighted by atomic mass is 10.1. The summed E-state index contributed by atoms with van der Waals surface area (Å²) in [7, 11) is 0. The molecule has 4 rings (SSSR count). The Morgan fingerprint density at radius 1 is 1.00 bits per heavy atom. The van der Waals surface area contributed by atoms with Crippen molar-refractivity contribution in [2.24, 2.45) is 5.92 Å². The molecule has 2 saturated heterocycles. The Balaban J connectivity index is 1.31. The molecule has 0 aromatic heterocycles. The van der Waals surface area contributed by atoms with Gasteiger partial charge in [-0.2, -0.15) is 0 Å². The van der Waals surface area contributed by atoms with E-state index < -0.39 is 0 Å². The van der Waals surface area contributed by atoms with E-state index in [4.69, 9.17) is 0 Å². The van der Waals surface area contributed by atoms with Gasteiger partial charge in [-0.3, -0.25) is 9.59 Å². The molecular formula is C24H30N3O2+. The zero-order valence-corrected chi connectivity index (χ0v) is 17.1. The van der Waals surface area contributed by atoms with E-state index in [1.54, 1.807) is 4.90 Å². The monoisotopic (exact) mass is 392 g/mol. The third-order valence-corrected chi connectivity index (χ3v) is 6.21. The topological polar surface area (TPSA) is 45.1 Å². The lowest BCUT2D eigenvalue weighted by Crippen LogP contribution is -3.13. The number of nitrogens with zero attached hydrogens (tertiary/aromatic N) is 2. The lowest BCUT2D eigenvalue weighted by molar-refractivity contribution is -0.917. The zero-order chi connectivity index (χ0) is 20.2. The summed E-state index contributed by atoms with van der Waals surface area (Å²) in [5.74, 6) is -0.0187. The summed E-state index contributed by atoms with van der Waals surface area (Å²) in [5.41, 5.74) is 3.50. The number of rotatable bonds is 5. The van der Waals surface area contributed by atoms with E-state index in [0.29, 0.717) is 13.0 Å². The van der Waals surface area contributed by atoms with Crippen molar-refractivity contribution in [1.29, 1.82) is 0 Å². The number of hydrogen-bond acceptors (Lipinski definition) is 2. The molecule has 0 saturated carbocycles. The molecule has 5 nitrogen and oxygen atoms in total. The number of hydrogen-bond donors (Lipinski definition) is 1. The molecule has 29 heavy (non-hydrogen) atoms. The first-order chi connectivity index (χ1) is 14.1. The lowest BCUT2D eigenvalue weighted by Gasteiger charge is -2.33. The van der Waals surface area contributed by atoms with Crippen molar-refractivity contribution in [3.8, 4) is 0 Å². The maximum atomic E-state index is 13.0. The number of quaternary nitrogens is 1. The Bertz CT molecular complexity index is 842. The van der Waals surface area contributed by atoms with Gasteiger partial charge >= 0.3 is 0 Å². The highest BCUT2D eigenvalue weighted by molar-refractivity contribution is 6.00. The fraction of sp³-hybridized carbons (Fsp3) is 0.417. The second-order valence-corrected chi connectivity index (χ2v) is 8.16. The Morgan fingerprint density at radius 3 is 2.34 bits per heavy atom. The predicted octanol–water partition coefficient (Wildman–Crippen LogP) is 1.53. The smallest absolute Gasteiger partial charge is 0.228 e. The maximum Gasteiger partial charge on any atom is 0.228 e.